The molecule has 0 unspecified atom stereocenters. The molecular formula is C15H20N4O3. The van der Waals surface area contributed by atoms with E-state index in [1.165, 1.54) is 7.11 Å². The molecule has 22 heavy (non-hydrogen) atoms. The van der Waals surface area contributed by atoms with Gasteiger partial charge in [0.25, 0.3) is 0 Å². The smallest absolute Gasteiger partial charge is 0.175 e. The van der Waals surface area contributed by atoms with E-state index >= 15 is 0 Å². The van der Waals surface area contributed by atoms with Crippen molar-refractivity contribution in [3.05, 3.63) is 35.4 Å². The van der Waals surface area contributed by atoms with Gasteiger partial charge in [-0.2, -0.15) is 0 Å². The van der Waals surface area contributed by atoms with E-state index in [0.717, 1.165) is 16.8 Å². The fourth-order valence-electron chi connectivity index (χ4n) is 1.90. The molecule has 0 amide bonds. The molecule has 0 saturated carbocycles. The zero-order chi connectivity index (χ0) is 15.8. The highest BCUT2D eigenvalue weighted by atomic mass is 16.6. The monoisotopic (exact) mass is 304 g/mol. The van der Waals surface area contributed by atoms with E-state index in [2.05, 4.69) is 20.8 Å². The number of nitrogens with one attached hydrogen (secondary N) is 1. The number of amidine groups is 1. The van der Waals surface area contributed by atoms with Crippen LogP contribution in [0.15, 0.2) is 39.6 Å². The Hall–Kier alpha value is -2.41. The Kier molecular flexibility index (Phi) is 5.91. The summed E-state index contributed by atoms with van der Waals surface area (Å²) < 4.78 is 0. The first-order valence-electron chi connectivity index (χ1n) is 6.97. The predicted molar refractivity (Wildman–Crippen MR) is 84.9 cm³/mol. The first kappa shape index (κ1) is 16.0. The molecule has 0 spiro atoms. The normalized spacial score (nSPS) is 14.7. The van der Waals surface area contributed by atoms with Gasteiger partial charge in [0.05, 0.1) is 18.9 Å². The van der Waals surface area contributed by atoms with Crippen LogP contribution in [0, 0.1) is 0 Å². The Labute approximate surface area is 129 Å². The maximum atomic E-state index is 5.34. The summed E-state index contributed by atoms with van der Waals surface area (Å²) >= 11 is 0. The number of rotatable bonds is 6. The first-order valence-corrected chi connectivity index (χ1v) is 6.97. The summed E-state index contributed by atoms with van der Waals surface area (Å²) in [5.41, 5.74) is 5.98. The van der Waals surface area contributed by atoms with E-state index in [4.69, 9.17) is 14.5 Å². The number of oxime groups is 2. The highest BCUT2D eigenvalue weighted by Gasteiger charge is 2.18. The summed E-state index contributed by atoms with van der Waals surface area (Å²) in [5, 5.41) is 8.03. The van der Waals surface area contributed by atoms with E-state index < -0.39 is 0 Å². The second-order valence-electron chi connectivity index (χ2n) is 4.77. The van der Waals surface area contributed by atoms with Gasteiger partial charge in [-0.25, -0.2) is 5.48 Å². The molecule has 1 aromatic rings. The molecular weight excluding hydrogens is 284 g/mol. The summed E-state index contributed by atoms with van der Waals surface area (Å²) in [6.07, 6.45) is 0. The number of hydroxylamine groups is 1. The fourth-order valence-corrected chi connectivity index (χ4v) is 1.90. The predicted octanol–water partition coefficient (Wildman–Crippen LogP) is 1.88. The quantitative estimate of drug-likeness (QED) is 0.643. The van der Waals surface area contributed by atoms with Crippen LogP contribution in [-0.4, -0.2) is 37.5 Å². The molecule has 1 aliphatic rings. The van der Waals surface area contributed by atoms with Crippen LogP contribution < -0.4 is 5.48 Å². The number of hydrogen-bond donors (Lipinski definition) is 1. The summed E-state index contributed by atoms with van der Waals surface area (Å²) in [7, 11) is 1.49. The third-order valence-electron chi connectivity index (χ3n) is 2.78. The van der Waals surface area contributed by atoms with Crippen molar-refractivity contribution in [2.45, 2.75) is 20.5 Å². The van der Waals surface area contributed by atoms with Crippen molar-refractivity contribution in [2.24, 2.45) is 15.3 Å². The van der Waals surface area contributed by atoms with Crippen LogP contribution in [0.5, 0.6) is 0 Å². The maximum Gasteiger partial charge on any atom is 0.175 e. The van der Waals surface area contributed by atoms with Crippen molar-refractivity contribution in [1.82, 2.24) is 5.48 Å². The SMILES string of the molecule is CON=C(C1=NCCON1)c1ccccc1CON=C(C)C. The molecule has 0 radical (unpaired) electrons. The maximum absolute atomic E-state index is 5.34. The molecule has 0 atom stereocenters. The van der Waals surface area contributed by atoms with Crippen LogP contribution in [0.4, 0.5) is 0 Å². The second-order valence-corrected chi connectivity index (χ2v) is 4.77. The molecule has 0 saturated heterocycles. The van der Waals surface area contributed by atoms with E-state index in [1.807, 2.05) is 38.1 Å². The van der Waals surface area contributed by atoms with Crippen LogP contribution in [0.1, 0.15) is 25.0 Å². The molecule has 1 aliphatic heterocycles. The minimum absolute atomic E-state index is 0.332. The summed E-state index contributed by atoms with van der Waals surface area (Å²) in [6, 6.07) is 7.73. The number of nitrogens with zero attached hydrogens (tertiary/aromatic N) is 3. The zero-order valence-corrected chi connectivity index (χ0v) is 13.0. The zero-order valence-electron chi connectivity index (χ0n) is 13.0. The Morgan fingerprint density at radius 3 is 2.82 bits per heavy atom. The lowest BCUT2D eigenvalue weighted by Crippen LogP contribution is -2.37. The molecule has 0 aromatic heterocycles. The van der Waals surface area contributed by atoms with E-state index in [1.54, 1.807) is 0 Å². The van der Waals surface area contributed by atoms with Crippen LogP contribution in [-0.2, 0) is 21.1 Å². The van der Waals surface area contributed by atoms with Crippen molar-refractivity contribution >= 4 is 17.3 Å². The molecule has 0 fully saturated rings. The van der Waals surface area contributed by atoms with Crippen LogP contribution in [0.3, 0.4) is 0 Å². The lowest BCUT2D eigenvalue weighted by molar-refractivity contribution is 0.0836. The van der Waals surface area contributed by atoms with Crippen LogP contribution in [0.2, 0.25) is 0 Å². The fraction of sp³-hybridized carbons (Fsp3) is 0.400. The van der Waals surface area contributed by atoms with Gasteiger partial charge in [-0.05, 0) is 13.8 Å². The average Bonchev–Trinajstić information content (AvgIpc) is 2.54. The van der Waals surface area contributed by atoms with Gasteiger partial charge in [-0.15, -0.1) is 0 Å². The molecule has 7 heteroatoms. The molecule has 118 valence electrons. The third kappa shape index (κ3) is 4.29. The summed E-state index contributed by atoms with van der Waals surface area (Å²) in [4.78, 5) is 19.9. The molecule has 7 nitrogen and oxygen atoms in total. The van der Waals surface area contributed by atoms with Crippen molar-refractivity contribution < 1.29 is 14.5 Å². The van der Waals surface area contributed by atoms with Crippen molar-refractivity contribution in [2.75, 3.05) is 20.3 Å². The highest BCUT2D eigenvalue weighted by molar-refractivity contribution is 6.47. The molecule has 1 heterocycles. The topological polar surface area (TPSA) is 76.8 Å². The van der Waals surface area contributed by atoms with Crippen molar-refractivity contribution in [3.8, 4) is 0 Å². The molecule has 0 bridgehead atoms. The van der Waals surface area contributed by atoms with Gasteiger partial charge in [0.1, 0.15) is 13.7 Å². The Morgan fingerprint density at radius 2 is 2.14 bits per heavy atom. The average molecular weight is 304 g/mol. The van der Waals surface area contributed by atoms with Gasteiger partial charge in [0.2, 0.25) is 0 Å². The Balaban J connectivity index is 2.29. The lowest BCUT2D eigenvalue weighted by Gasteiger charge is -2.17. The lowest BCUT2D eigenvalue weighted by atomic mass is 10.0. The van der Waals surface area contributed by atoms with E-state index in [9.17, 15) is 0 Å². The van der Waals surface area contributed by atoms with Crippen molar-refractivity contribution in [3.63, 3.8) is 0 Å². The Morgan fingerprint density at radius 1 is 1.32 bits per heavy atom. The van der Waals surface area contributed by atoms with Crippen LogP contribution in [0.25, 0.3) is 0 Å². The molecule has 1 N–H and O–H groups in total. The van der Waals surface area contributed by atoms with Crippen LogP contribution >= 0.6 is 0 Å². The summed E-state index contributed by atoms with van der Waals surface area (Å²) in [6.45, 7) is 5.18. The van der Waals surface area contributed by atoms with Gasteiger partial charge in [-0.3, -0.25) is 9.83 Å². The van der Waals surface area contributed by atoms with E-state index in [-0.39, 0.29) is 0 Å². The standard InChI is InChI=1S/C15H20N4O3/c1-11(2)17-22-10-12-6-4-5-7-13(12)14(18-20-3)15-16-8-9-21-19-15/h4-7H,8-10H2,1-3H3,(H,16,19). The number of aliphatic imine (C=N–C) groups is 1. The summed E-state index contributed by atoms with van der Waals surface area (Å²) in [5.74, 6) is 0.538. The van der Waals surface area contributed by atoms with Gasteiger partial charge < -0.3 is 9.68 Å². The van der Waals surface area contributed by atoms with Gasteiger partial charge in [-0.1, -0.05) is 34.6 Å². The Bertz CT molecular complexity index is 592. The second kappa shape index (κ2) is 8.14. The number of hydrogen-bond acceptors (Lipinski definition) is 7. The highest BCUT2D eigenvalue weighted by Crippen LogP contribution is 2.13. The molecule has 2 rings (SSSR count). The minimum Gasteiger partial charge on any atom is -0.399 e. The first-order chi connectivity index (χ1) is 10.7. The van der Waals surface area contributed by atoms with Gasteiger partial charge in [0.15, 0.2) is 11.5 Å². The largest absolute Gasteiger partial charge is 0.399 e. The minimum atomic E-state index is 0.332. The molecule has 0 aliphatic carbocycles. The third-order valence-corrected chi connectivity index (χ3v) is 2.78. The van der Waals surface area contributed by atoms with Gasteiger partial charge in [0, 0.05) is 11.1 Å². The van der Waals surface area contributed by atoms with E-state index in [0.29, 0.717) is 31.3 Å². The van der Waals surface area contributed by atoms with Gasteiger partial charge >= 0.3 is 0 Å². The number of benzene rings is 1. The molecule has 1 aromatic carbocycles. The van der Waals surface area contributed by atoms with Crippen molar-refractivity contribution in [1.29, 1.82) is 0 Å².